The van der Waals surface area contributed by atoms with Gasteiger partial charge in [-0.05, 0) is 57.8 Å². The Morgan fingerprint density at radius 1 is 0.483 bits per heavy atom. The number of rotatable bonds is 48. The van der Waals surface area contributed by atoms with Gasteiger partial charge in [0.15, 0.2) is 0 Å². The van der Waals surface area contributed by atoms with E-state index in [0.29, 0.717) is 19.3 Å². The van der Waals surface area contributed by atoms with Gasteiger partial charge in [-0.2, -0.15) is 0 Å². The van der Waals surface area contributed by atoms with E-state index >= 15 is 0 Å². The molecule has 1 amide bonds. The van der Waals surface area contributed by atoms with Crippen molar-refractivity contribution in [3.05, 3.63) is 24.3 Å². The number of aliphatic hydroxyl groups is 2. The number of nitrogens with one attached hydrogen (secondary N) is 1. The molecular weight excluding hydrogens is 743 g/mol. The summed E-state index contributed by atoms with van der Waals surface area (Å²) in [5.41, 5.74) is 0. The topological polar surface area (TPSA) is 95.9 Å². The fourth-order valence-electron chi connectivity index (χ4n) is 8.23. The molecule has 0 aliphatic carbocycles. The number of aliphatic hydroxyl groups excluding tert-OH is 2. The lowest BCUT2D eigenvalue weighted by Crippen LogP contribution is -2.46. The molecule has 3 N–H and O–H groups in total. The number of amides is 1. The van der Waals surface area contributed by atoms with E-state index in [4.69, 9.17) is 4.74 Å². The van der Waals surface area contributed by atoms with Gasteiger partial charge in [0.1, 0.15) is 6.10 Å². The van der Waals surface area contributed by atoms with E-state index in [0.717, 1.165) is 64.2 Å². The first-order valence-corrected chi connectivity index (χ1v) is 26.6. The smallest absolute Gasteiger partial charge is 0.306 e. The fourth-order valence-corrected chi connectivity index (χ4v) is 8.23. The zero-order chi connectivity index (χ0) is 43.8. The minimum Gasteiger partial charge on any atom is -0.462 e. The minimum atomic E-state index is -0.785. The van der Waals surface area contributed by atoms with Gasteiger partial charge in [0, 0.05) is 6.42 Å². The van der Waals surface area contributed by atoms with Crippen LogP contribution in [0.3, 0.4) is 0 Å². The van der Waals surface area contributed by atoms with Crippen LogP contribution in [0.15, 0.2) is 24.3 Å². The Bertz CT molecular complexity index is 950. The summed E-state index contributed by atoms with van der Waals surface area (Å²) in [5.74, 6) is -0.470. The number of ether oxygens (including phenoxy) is 1. The fraction of sp³-hybridized carbons (Fsp3) is 0.889. The van der Waals surface area contributed by atoms with Crippen LogP contribution in [-0.4, -0.2) is 46.9 Å². The van der Waals surface area contributed by atoms with Crippen LogP contribution in [0.4, 0.5) is 0 Å². The lowest BCUT2D eigenvalue weighted by molar-refractivity contribution is -0.151. The summed E-state index contributed by atoms with van der Waals surface area (Å²) in [6, 6.07) is -0.699. The Kier molecular flexibility index (Phi) is 47.0. The van der Waals surface area contributed by atoms with Gasteiger partial charge < -0.3 is 20.3 Å². The molecule has 0 saturated carbocycles. The minimum absolute atomic E-state index is 0.0772. The SMILES string of the molecule is CCCCC/C=C\C/C=C\CCCCCCCCCC(CC(=O)NC(CO)C(O)CCCCCCCCCCCCCCCCC)OC(=O)CCCCCCCCCCC. The Morgan fingerprint density at radius 3 is 1.30 bits per heavy atom. The summed E-state index contributed by atoms with van der Waals surface area (Å²) < 4.78 is 5.92. The van der Waals surface area contributed by atoms with Crippen LogP contribution in [0, 0.1) is 0 Å². The van der Waals surface area contributed by atoms with Crippen molar-refractivity contribution in [2.45, 2.75) is 302 Å². The third-order valence-corrected chi connectivity index (χ3v) is 12.3. The second kappa shape index (κ2) is 48.4. The molecule has 0 aromatic heterocycles. The molecule has 0 rings (SSSR count). The van der Waals surface area contributed by atoms with Crippen molar-refractivity contribution in [1.29, 1.82) is 0 Å². The molecule has 3 atom stereocenters. The van der Waals surface area contributed by atoms with Gasteiger partial charge in [-0.25, -0.2) is 0 Å². The van der Waals surface area contributed by atoms with Gasteiger partial charge in [-0.1, -0.05) is 238 Å². The Morgan fingerprint density at radius 2 is 0.850 bits per heavy atom. The van der Waals surface area contributed by atoms with Gasteiger partial charge >= 0.3 is 5.97 Å². The molecule has 0 aliphatic heterocycles. The van der Waals surface area contributed by atoms with Crippen LogP contribution in [0.25, 0.3) is 0 Å². The average molecular weight is 846 g/mol. The number of unbranched alkanes of at least 4 members (excludes halogenated alkanes) is 32. The van der Waals surface area contributed by atoms with E-state index in [9.17, 15) is 19.8 Å². The van der Waals surface area contributed by atoms with Gasteiger partial charge in [-0.3, -0.25) is 9.59 Å². The van der Waals surface area contributed by atoms with Crippen LogP contribution in [-0.2, 0) is 14.3 Å². The Balaban J connectivity index is 4.49. The number of hydrogen-bond donors (Lipinski definition) is 3. The van der Waals surface area contributed by atoms with E-state index in [1.807, 2.05) is 0 Å². The summed E-state index contributed by atoms with van der Waals surface area (Å²) in [7, 11) is 0. The monoisotopic (exact) mass is 846 g/mol. The van der Waals surface area contributed by atoms with Crippen molar-refractivity contribution in [3.8, 4) is 0 Å². The highest BCUT2D eigenvalue weighted by Crippen LogP contribution is 2.18. The van der Waals surface area contributed by atoms with Crippen molar-refractivity contribution in [2.24, 2.45) is 0 Å². The molecular formula is C54H103NO5. The molecule has 3 unspecified atom stereocenters. The van der Waals surface area contributed by atoms with Gasteiger partial charge in [0.2, 0.25) is 5.91 Å². The van der Waals surface area contributed by atoms with Gasteiger partial charge in [-0.15, -0.1) is 0 Å². The quantitative estimate of drug-likeness (QED) is 0.0322. The number of allylic oxidation sites excluding steroid dienone is 4. The van der Waals surface area contributed by atoms with E-state index in [-0.39, 0.29) is 24.9 Å². The molecule has 0 aromatic rings. The van der Waals surface area contributed by atoms with Crippen molar-refractivity contribution < 1.29 is 24.5 Å². The number of carbonyl (C=O) groups excluding carboxylic acids is 2. The third kappa shape index (κ3) is 43.0. The maximum absolute atomic E-state index is 13.2. The van der Waals surface area contributed by atoms with Crippen LogP contribution in [0.1, 0.15) is 284 Å². The van der Waals surface area contributed by atoms with Crippen molar-refractivity contribution >= 4 is 11.9 Å². The average Bonchev–Trinajstić information content (AvgIpc) is 3.24. The molecule has 6 nitrogen and oxygen atoms in total. The Hall–Kier alpha value is -1.66. The van der Waals surface area contributed by atoms with Crippen molar-refractivity contribution in [3.63, 3.8) is 0 Å². The van der Waals surface area contributed by atoms with E-state index in [1.54, 1.807) is 0 Å². The second-order valence-electron chi connectivity index (χ2n) is 18.3. The van der Waals surface area contributed by atoms with Gasteiger partial charge in [0.05, 0.1) is 25.2 Å². The molecule has 60 heavy (non-hydrogen) atoms. The summed E-state index contributed by atoms with van der Waals surface area (Å²) in [5, 5.41) is 23.8. The molecule has 0 bridgehead atoms. The standard InChI is InChI=1S/C54H103NO5/c1-4-7-10-13-16-19-21-23-25-26-28-29-31-34-36-39-42-45-50(60-54(59)47-44-41-38-33-18-15-12-9-6-3)48-53(58)55-51(49-56)52(57)46-43-40-37-35-32-30-27-24-22-20-17-14-11-8-5-2/h16,19,23,25,50-52,56-57H,4-15,17-18,20-22,24,26-49H2,1-3H3,(H,55,58)/b19-16-,25-23-. The molecule has 0 aromatic carbocycles. The predicted octanol–water partition coefficient (Wildman–Crippen LogP) is 15.9. The highest BCUT2D eigenvalue weighted by atomic mass is 16.5. The summed E-state index contributed by atoms with van der Waals surface area (Å²) >= 11 is 0. The highest BCUT2D eigenvalue weighted by molar-refractivity contribution is 5.77. The number of carbonyl (C=O) groups is 2. The first-order chi connectivity index (χ1) is 29.5. The summed E-state index contributed by atoms with van der Waals surface area (Å²) in [4.78, 5) is 26.1. The molecule has 0 radical (unpaired) electrons. The Labute approximate surface area is 373 Å². The summed E-state index contributed by atoms with van der Waals surface area (Å²) in [6.07, 6.45) is 55.2. The lowest BCUT2D eigenvalue weighted by Gasteiger charge is -2.24. The maximum atomic E-state index is 13.2. The zero-order valence-electron chi connectivity index (χ0n) is 40.4. The second-order valence-corrected chi connectivity index (χ2v) is 18.3. The molecule has 6 heteroatoms. The lowest BCUT2D eigenvalue weighted by atomic mass is 10.0. The number of esters is 1. The van der Waals surface area contributed by atoms with Crippen LogP contribution >= 0.6 is 0 Å². The third-order valence-electron chi connectivity index (χ3n) is 12.3. The highest BCUT2D eigenvalue weighted by Gasteiger charge is 2.24. The van der Waals surface area contributed by atoms with Crippen molar-refractivity contribution in [2.75, 3.05) is 6.61 Å². The van der Waals surface area contributed by atoms with E-state index in [1.165, 1.54) is 173 Å². The first kappa shape index (κ1) is 58.3. The molecule has 0 aliphatic rings. The molecule has 0 spiro atoms. The predicted molar refractivity (Wildman–Crippen MR) is 260 cm³/mol. The number of hydrogen-bond acceptors (Lipinski definition) is 5. The van der Waals surface area contributed by atoms with Crippen LogP contribution in [0.5, 0.6) is 0 Å². The van der Waals surface area contributed by atoms with Crippen LogP contribution < -0.4 is 5.32 Å². The first-order valence-electron chi connectivity index (χ1n) is 26.6. The van der Waals surface area contributed by atoms with Gasteiger partial charge in [0.25, 0.3) is 0 Å². The van der Waals surface area contributed by atoms with E-state index < -0.39 is 18.2 Å². The zero-order valence-corrected chi connectivity index (χ0v) is 40.4. The maximum Gasteiger partial charge on any atom is 0.306 e. The molecule has 0 saturated heterocycles. The van der Waals surface area contributed by atoms with E-state index in [2.05, 4.69) is 50.4 Å². The molecule has 0 heterocycles. The van der Waals surface area contributed by atoms with Crippen molar-refractivity contribution in [1.82, 2.24) is 5.32 Å². The normalized spacial score (nSPS) is 13.3. The van der Waals surface area contributed by atoms with Crippen LogP contribution in [0.2, 0.25) is 0 Å². The summed E-state index contributed by atoms with van der Waals surface area (Å²) in [6.45, 7) is 6.46. The molecule has 0 fully saturated rings. The molecule has 354 valence electrons. The largest absolute Gasteiger partial charge is 0.462 e.